The van der Waals surface area contributed by atoms with Crippen molar-refractivity contribution >= 4 is 22.4 Å². The third kappa shape index (κ3) is 4.00. The number of nitrogens with zero attached hydrogens (tertiary/aromatic N) is 4. The standard InChI is InChI=1S/C23H27N5O3/c1-27-14-24-20-13-19(15-2-5-17(6-3-15)28-8-10-31-11-9-28)26-22(21(20)23(27)30)25-16-4-7-18(29)12-16/h2-3,5-6,13-14,16,18,29H,4,7-12H2,1H3,(H,25,26)/t16-,18+/m1/s1. The van der Waals surface area contributed by atoms with Crippen molar-refractivity contribution in [2.24, 2.45) is 7.05 Å². The summed E-state index contributed by atoms with van der Waals surface area (Å²) >= 11 is 0. The Morgan fingerprint density at radius 3 is 2.65 bits per heavy atom. The summed E-state index contributed by atoms with van der Waals surface area (Å²) in [6, 6.07) is 10.3. The van der Waals surface area contributed by atoms with Crippen molar-refractivity contribution in [1.29, 1.82) is 0 Å². The van der Waals surface area contributed by atoms with Crippen LogP contribution in [0.25, 0.3) is 22.2 Å². The lowest BCUT2D eigenvalue weighted by Crippen LogP contribution is -2.36. The van der Waals surface area contributed by atoms with Crippen molar-refractivity contribution in [3.63, 3.8) is 0 Å². The lowest BCUT2D eigenvalue weighted by molar-refractivity contribution is 0.122. The SMILES string of the molecule is Cn1cnc2cc(-c3ccc(N4CCOCC4)cc3)nc(N[C@@H]3CC[C@H](O)C3)c2c1=O. The van der Waals surface area contributed by atoms with Crippen molar-refractivity contribution in [3.8, 4) is 11.3 Å². The quantitative estimate of drug-likeness (QED) is 0.667. The molecule has 0 amide bonds. The summed E-state index contributed by atoms with van der Waals surface area (Å²) in [7, 11) is 1.69. The van der Waals surface area contributed by atoms with Crippen LogP contribution in [0.5, 0.6) is 0 Å². The number of hydrogen-bond acceptors (Lipinski definition) is 7. The smallest absolute Gasteiger partial charge is 0.264 e. The van der Waals surface area contributed by atoms with E-state index in [-0.39, 0.29) is 17.7 Å². The Morgan fingerprint density at radius 2 is 1.94 bits per heavy atom. The number of pyridine rings is 1. The number of fused-ring (bicyclic) bond motifs is 1. The zero-order chi connectivity index (χ0) is 21.4. The molecule has 5 rings (SSSR count). The van der Waals surface area contributed by atoms with Gasteiger partial charge in [0.2, 0.25) is 0 Å². The maximum atomic E-state index is 12.8. The number of ether oxygens (including phenoxy) is 1. The summed E-state index contributed by atoms with van der Waals surface area (Å²) in [6.07, 6.45) is 3.50. The predicted molar refractivity (Wildman–Crippen MR) is 121 cm³/mol. The summed E-state index contributed by atoms with van der Waals surface area (Å²) < 4.78 is 6.91. The van der Waals surface area contributed by atoms with Crippen molar-refractivity contribution in [2.45, 2.75) is 31.4 Å². The molecule has 2 aliphatic rings. The minimum Gasteiger partial charge on any atom is -0.393 e. The van der Waals surface area contributed by atoms with E-state index in [9.17, 15) is 9.90 Å². The van der Waals surface area contributed by atoms with Gasteiger partial charge in [-0.1, -0.05) is 12.1 Å². The molecule has 2 atom stereocenters. The Bertz CT molecular complexity index is 1140. The fourth-order valence-electron chi connectivity index (χ4n) is 4.42. The number of morpholine rings is 1. The molecule has 3 heterocycles. The lowest BCUT2D eigenvalue weighted by atomic mass is 10.1. The number of anilines is 2. The van der Waals surface area contributed by atoms with Crippen LogP contribution in [0.15, 0.2) is 41.5 Å². The van der Waals surface area contributed by atoms with Gasteiger partial charge in [-0.3, -0.25) is 4.79 Å². The van der Waals surface area contributed by atoms with Crippen molar-refractivity contribution < 1.29 is 9.84 Å². The molecule has 2 aromatic heterocycles. The van der Waals surface area contributed by atoms with Gasteiger partial charge in [0.05, 0.1) is 36.9 Å². The van der Waals surface area contributed by atoms with Crippen LogP contribution in [0.3, 0.4) is 0 Å². The van der Waals surface area contributed by atoms with E-state index < -0.39 is 0 Å². The van der Waals surface area contributed by atoms with E-state index in [1.807, 2.05) is 6.07 Å². The number of aliphatic hydroxyl groups excluding tert-OH is 1. The lowest BCUT2D eigenvalue weighted by Gasteiger charge is -2.28. The largest absolute Gasteiger partial charge is 0.393 e. The van der Waals surface area contributed by atoms with Gasteiger partial charge in [0.25, 0.3) is 5.56 Å². The number of aliphatic hydroxyl groups is 1. The van der Waals surface area contributed by atoms with Gasteiger partial charge >= 0.3 is 0 Å². The van der Waals surface area contributed by atoms with Crippen LogP contribution < -0.4 is 15.8 Å². The Hall–Kier alpha value is -2.97. The highest BCUT2D eigenvalue weighted by Crippen LogP contribution is 2.29. The molecular weight excluding hydrogens is 394 g/mol. The van der Waals surface area contributed by atoms with Gasteiger partial charge in [0.15, 0.2) is 0 Å². The van der Waals surface area contributed by atoms with Crippen molar-refractivity contribution in [3.05, 3.63) is 47.0 Å². The van der Waals surface area contributed by atoms with E-state index in [2.05, 4.69) is 39.5 Å². The van der Waals surface area contributed by atoms with E-state index in [0.717, 1.165) is 56.1 Å². The van der Waals surface area contributed by atoms with E-state index in [1.165, 1.54) is 4.57 Å². The van der Waals surface area contributed by atoms with Crippen molar-refractivity contribution in [2.75, 3.05) is 36.5 Å². The highest BCUT2D eigenvalue weighted by Gasteiger charge is 2.24. The molecule has 1 saturated heterocycles. The van der Waals surface area contributed by atoms with E-state index in [4.69, 9.17) is 9.72 Å². The molecular formula is C23H27N5O3. The molecule has 3 aromatic rings. The summed E-state index contributed by atoms with van der Waals surface area (Å²) in [5.74, 6) is 0.539. The molecule has 31 heavy (non-hydrogen) atoms. The van der Waals surface area contributed by atoms with Crippen LogP contribution in [0.1, 0.15) is 19.3 Å². The molecule has 0 spiro atoms. The summed E-state index contributed by atoms with van der Waals surface area (Å²) in [5, 5.41) is 13.8. The number of benzene rings is 1. The van der Waals surface area contributed by atoms with Gasteiger partial charge < -0.3 is 24.6 Å². The number of nitrogens with one attached hydrogen (secondary N) is 1. The van der Waals surface area contributed by atoms with Gasteiger partial charge in [-0.15, -0.1) is 0 Å². The summed E-state index contributed by atoms with van der Waals surface area (Å²) in [6.45, 7) is 3.28. The summed E-state index contributed by atoms with van der Waals surface area (Å²) in [4.78, 5) is 24.4. The Labute approximate surface area is 180 Å². The number of aryl methyl sites for hydroxylation is 1. The number of rotatable bonds is 4. The van der Waals surface area contributed by atoms with Crippen molar-refractivity contribution in [1.82, 2.24) is 14.5 Å². The van der Waals surface area contributed by atoms with Gasteiger partial charge in [-0.25, -0.2) is 9.97 Å². The second kappa shape index (κ2) is 8.28. The predicted octanol–water partition coefficient (Wildman–Crippen LogP) is 2.16. The molecule has 0 bridgehead atoms. The van der Waals surface area contributed by atoms with E-state index in [0.29, 0.717) is 23.1 Å². The second-order valence-electron chi connectivity index (χ2n) is 8.37. The minimum absolute atomic E-state index is 0.0922. The molecule has 8 heteroatoms. The molecule has 1 aliphatic carbocycles. The highest BCUT2D eigenvalue weighted by molar-refractivity contribution is 5.91. The first-order chi connectivity index (χ1) is 15.1. The topological polar surface area (TPSA) is 92.5 Å². The first kappa shape index (κ1) is 20.0. The third-order valence-electron chi connectivity index (χ3n) is 6.19. The molecule has 162 valence electrons. The molecule has 1 saturated carbocycles. The van der Waals surface area contributed by atoms with E-state index >= 15 is 0 Å². The van der Waals surface area contributed by atoms with Gasteiger partial charge in [-0.2, -0.15) is 0 Å². The molecule has 0 unspecified atom stereocenters. The molecule has 2 fully saturated rings. The first-order valence-electron chi connectivity index (χ1n) is 10.8. The minimum atomic E-state index is -0.305. The van der Waals surface area contributed by atoms with Crippen LogP contribution in [-0.4, -0.2) is 58.1 Å². The monoisotopic (exact) mass is 421 g/mol. The average molecular weight is 422 g/mol. The maximum absolute atomic E-state index is 12.8. The number of hydrogen-bond donors (Lipinski definition) is 2. The van der Waals surface area contributed by atoms with Gasteiger partial charge in [0.1, 0.15) is 11.2 Å². The maximum Gasteiger partial charge on any atom is 0.264 e. The third-order valence-corrected chi connectivity index (χ3v) is 6.19. The average Bonchev–Trinajstić information content (AvgIpc) is 3.21. The molecule has 1 aromatic carbocycles. The van der Waals surface area contributed by atoms with Crippen LogP contribution in [0, 0.1) is 0 Å². The highest BCUT2D eigenvalue weighted by atomic mass is 16.5. The fourth-order valence-corrected chi connectivity index (χ4v) is 4.42. The number of aromatic nitrogens is 3. The molecule has 2 N–H and O–H groups in total. The second-order valence-corrected chi connectivity index (χ2v) is 8.37. The van der Waals surface area contributed by atoms with Crippen LogP contribution >= 0.6 is 0 Å². The Balaban J connectivity index is 1.53. The fraction of sp³-hybridized carbons (Fsp3) is 0.435. The van der Waals surface area contributed by atoms with Crippen LogP contribution in [-0.2, 0) is 11.8 Å². The van der Waals surface area contributed by atoms with Gasteiger partial charge in [0, 0.05) is 37.4 Å². The molecule has 0 radical (unpaired) electrons. The Kier molecular flexibility index (Phi) is 5.33. The molecule has 8 nitrogen and oxygen atoms in total. The normalized spacial score (nSPS) is 21.5. The first-order valence-corrected chi connectivity index (χ1v) is 10.8. The van der Waals surface area contributed by atoms with Crippen LogP contribution in [0.4, 0.5) is 11.5 Å². The van der Waals surface area contributed by atoms with Gasteiger partial charge in [-0.05, 0) is 37.5 Å². The zero-order valence-corrected chi connectivity index (χ0v) is 17.6. The zero-order valence-electron chi connectivity index (χ0n) is 17.6. The van der Waals surface area contributed by atoms with E-state index in [1.54, 1.807) is 13.4 Å². The molecule has 1 aliphatic heterocycles. The summed E-state index contributed by atoms with van der Waals surface area (Å²) in [5.41, 5.74) is 3.39. The Morgan fingerprint density at radius 1 is 1.16 bits per heavy atom. The van der Waals surface area contributed by atoms with Crippen LogP contribution in [0.2, 0.25) is 0 Å².